The maximum Gasteiger partial charge on any atom is -0.0241 e. The maximum absolute atomic E-state index is 2.62. The van der Waals surface area contributed by atoms with Crippen molar-refractivity contribution in [2.75, 3.05) is 0 Å². The largest absolute Gasteiger partial charge is 0.0651 e. The quantitative estimate of drug-likeness (QED) is 0.388. The summed E-state index contributed by atoms with van der Waals surface area (Å²) in [4.78, 5) is 0. The van der Waals surface area contributed by atoms with E-state index in [9.17, 15) is 0 Å². The summed E-state index contributed by atoms with van der Waals surface area (Å²) in [6.07, 6.45) is 3.90. The molecule has 0 aromatic carbocycles. The molecule has 134 valence electrons. The second-order valence-electron chi connectivity index (χ2n) is 8.75. The zero-order valence-electron chi connectivity index (χ0n) is 17.7. The molecule has 0 nitrogen and oxygen atoms in total. The molecule has 0 aliphatic rings. The highest BCUT2D eigenvalue weighted by Crippen LogP contribution is 2.52. The third kappa shape index (κ3) is 4.51. The average molecular weight is 311 g/mol. The van der Waals surface area contributed by atoms with E-state index in [0.717, 1.165) is 41.4 Å². The fraction of sp³-hybridized carbons (Fsp3) is 1.00. The minimum atomic E-state index is 0.424. The molecule has 0 aliphatic carbocycles. The van der Waals surface area contributed by atoms with Gasteiger partial charge in [0.2, 0.25) is 0 Å². The van der Waals surface area contributed by atoms with Crippen LogP contribution in [0.4, 0.5) is 0 Å². The van der Waals surface area contributed by atoms with Crippen molar-refractivity contribution in [1.82, 2.24) is 0 Å². The summed E-state index contributed by atoms with van der Waals surface area (Å²) in [5.74, 6) is 5.57. The lowest BCUT2D eigenvalue weighted by atomic mass is 9.53. The molecule has 0 rings (SSSR count). The molecule has 7 unspecified atom stereocenters. The number of hydrogen-bond donors (Lipinski definition) is 0. The maximum atomic E-state index is 2.62. The van der Waals surface area contributed by atoms with Crippen LogP contribution in [0, 0.1) is 46.8 Å². The predicted molar refractivity (Wildman–Crippen MR) is 103 cm³/mol. The smallest absolute Gasteiger partial charge is 0.0241 e. The van der Waals surface area contributed by atoms with Crippen molar-refractivity contribution in [2.24, 2.45) is 46.8 Å². The summed E-state index contributed by atoms with van der Waals surface area (Å²) in [5.41, 5.74) is 0.424. The Hall–Kier alpha value is 0. The molecule has 0 saturated heterocycles. The molecule has 0 saturated carbocycles. The van der Waals surface area contributed by atoms with Crippen molar-refractivity contribution in [3.05, 3.63) is 0 Å². The molecular formula is C22H46. The topological polar surface area (TPSA) is 0 Å². The molecule has 22 heavy (non-hydrogen) atoms. The zero-order valence-corrected chi connectivity index (χ0v) is 17.7. The van der Waals surface area contributed by atoms with Crippen molar-refractivity contribution < 1.29 is 0 Å². The van der Waals surface area contributed by atoms with Crippen LogP contribution in [0.1, 0.15) is 95.4 Å². The molecular weight excluding hydrogens is 264 g/mol. The van der Waals surface area contributed by atoms with Crippen LogP contribution in [0.3, 0.4) is 0 Å². The molecule has 0 aromatic heterocycles. The van der Waals surface area contributed by atoms with E-state index in [1.54, 1.807) is 0 Å². The molecule has 7 atom stereocenters. The van der Waals surface area contributed by atoms with E-state index in [4.69, 9.17) is 0 Å². The van der Waals surface area contributed by atoms with Gasteiger partial charge in [-0.1, -0.05) is 95.4 Å². The minimum absolute atomic E-state index is 0.424. The SMILES string of the molecule is CCC(C)C(C)C(C)C(C)(C(C)C(C)CC)C(C)C(C)CC. The highest BCUT2D eigenvalue weighted by molar-refractivity contribution is 4.94. The number of hydrogen-bond acceptors (Lipinski definition) is 0. The Balaban J connectivity index is 5.67. The Morgan fingerprint density at radius 3 is 1.14 bits per heavy atom. The van der Waals surface area contributed by atoms with E-state index in [0.29, 0.717) is 5.41 Å². The van der Waals surface area contributed by atoms with Crippen molar-refractivity contribution in [3.8, 4) is 0 Å². The Bertz CT molecular complexity index is 276. The first-order valence-corrected chi connectivity index (χ1v) is 10.1. The molecule has 0 radical (unpaired) electrons. The minimum Gasteiger partial charge on any atom is -0.0651 e. The van der Waals surface area contributed by atoms with Crippen LogP contribution in [0.5, 0.6) is 0 Å². The summed E-state index contributed by atoms with van der Waals surface area (Å²) in [7, 11) is 0. The van der Waals surface area contributed by atoms with Gasteiger partial charge in [-0.25, -0.2) is 0 Å². The van der Waals surface area contributed by atoms with Gasteiger partial charge in [0.1, 0.15) is 0 Å². The molecule has 0 bridgehead atoms. The first-order valence-electron chi connectivity index (χ1n) is 10.1. The summed E-state index contributed by atoms with van der Waals surface area (Å²) in [5, 5.41) is 0. The summed E-state index contributed by atoms with van der Waals surface area (Å²) in [6.45, 7) is 27.2. The third-order valence-electron chi connectivity index (χ3n) is 8.27. The third-order valence-corrected chi connectivity index (χ3v) is 8.27. The normalized spacial score (nSPS) is 24.7. The van der Waals surface area contributed by atoms with E-state index in [2.05, 4.69) is 76.2 Å². The van der Waals surface area contributed by atoms with Gasteiger partial charge in [0.05, 0.1) is 0 Å². The van der Waals surface area contributed by atoms with Gasteiger partial charge in [0.25, 0.3) is 0 Å². The predicted octanol–water partition coefficient (Wildman–Crippen LogP) is 7.68. The Morgan fingerprint density at radius 1 is 0.545 bits per heavy atom. The van der Waals surface area contributed by atoms with Gasteiger partial charge in [0, 0.05) is 0 Å². The van der Waals surface area contributed by atoms with Crippen molar-refractivity contribution in [2.45, 2.75) is 95.4 Å². The van der Waals surface area contributed by atoms with E-state index >= 15 is 0 Å². The summed E-state index contributed by atoms with van der Waals surface area (Å²) in [6, 6.07) is 0. The van der Waals surface area contributed by atoms with Crippen LogP contribution < -0.4 is 0 Å². The summed E-state index contributed by atoms with van der Waals surface area (Å²) < 4.78 is 0. The van der Waals surface area contributed by atoms with Crippen LogP contribution in [-0.2, 0) is 0 Å². The van der Waals surface area contributed by atoms with Crippen LogP contribution in [0.2, 0.25) is 0 Å². The van der Waals surface area contributed by atoms with Crippen molar-refractivity contribution in [3.63, 3.8) is 0 Å². The lowest BCUT2D eigenvalue weighted by Crippen LogP contribution is -2.46. The second kappa shape index (κ2) is 9.33. The van der Waals surface area contributed by atoms with Gasteiger partial charge < -0.3 is 0 Å². The van der Waals surface area contributed by atoms with Crippen molar-refractivity contribution in [1.29, 1.82) is 0 Å². The lowest BCUT2D eigenvalue weighted by Gasteiger charge is -2.52. The molecule has 0 aliphatic heterocycles. The van der Waals surface area contributed by atoms with Gasteiger partial charge >= 0.3 is 0 Å². The van der Waals surface area contributed by atoms with Gasteiger partial charge in [-0.15, -0.1) is 0 Å². The van der Waals surface area contributed by atoms with E-state index in [1.165, 1.54) is 19.3 Å². The Labute approximate surface area is 142 Å². The van der Waals surface area contributed by atoms with E-state index < -0.39 is 0 Å². The fourth-order valence-electron chi connectivity index (χ4n) is 4.61. The van der Waals surface area contributed by atoms with Gasteiger partial charge in [-0.05, 0) is 46.8 Å². The summed E-state index contributed by atoms with van der Waals surface area (Å²) >= 11 is 0. The first kappa shape index (κ1) is 22.0. The highest BCUT2D eigenvalue weighted by Gasteiger charge is 2.46. The average Bonchev–Trinajstić information content (AvgIpc) is 2.55. The first-order chi connectivity index (χ1) is 10.1. The Kier molecular flexibility index (Phi) is 9.33. The highest BCUT2D eigenvalue weighted by atomic mass is 14.5. The van der Waals surface area contributed by atoms with Crippen LogP contribution >= 0.6 is 0 Å². The van der Waals surface area contributed by atoms with Crippen LogP contribution in [-0.4, -0.2) is 0 Å². The van der Waals surface area contributed by atoms with Gasteiger partial charge in [-0.3, -0.25) is 0 Å². The standard InChI is InChI=1S/C22H46/c1-12-15(4)18(7)21(10)22(11,19(8)16(5)13-2)20(9)17(6)14-3/h15-21H,12-14H2,1-11H3. The molecule has 0 N–H and O–H groups in total. The monoisotopic (exact) mass is 310 g/mol. The van der Waals surface area contributed by atoms with Crippen molar-refractivity contribution >= 4 is 0 Å². The van der Waals surface area contributed by atoms with Gasteiger partial charge in [0.15, 0.2) is 0 Å². The molecule has 0 aromatic rings. The molecule has 0 amide bonds. The lowest BCUT2D eigenvalue weighted by molar-refractivity contribution is -0.0403. The fourth-order valence-corrected chi connectivity index (χ4v) is 4.61. The van der Waals surface area contributed by atoms with E-state index in [-0.39, 0.29) is 0 Å². The number of rotatable bonds is 10. The zero-order chi connectivity index (χ0) is 17.7. The molecule has 0 heteroatoms. The van der Waals surface area contributed by atoms with Crippen LogP contribution in [0.25, 0.3) is 0 Å². The molecule has 0 heterocycles. The Morgan fingerprint density at radius 2 is 0.864 bits per heavy atom. The molecule has 0 spiro atoms. The van der Waals surface area contributed by atoms with Gasteiger partial charge in [-0.2, -0.15) is 0 Å². The van der Waals surface area contributed by atoms with E-state index in [1.807, 2.05) is 0 Å². The molecule has 0 fully saturated rings. The van der Waals surface area contributed by atoms with Crippen LogP contribution in [0.15, 0.2) is 0 Å². The second-order valence-corrected chi connectivity index (χ2v) is 8.75.